The van der Waals surface area contributed by atoms with Crippen LogP contribution in [0.3, 0.4) is 0 Å². The monoisotopic (exact) mass is 314 g/mol. The lowest BCUT2D eigenvalue weighted by Crippen LogP contribution is -2.39. The molecule has 118 valence electrons. The van der Waals surface area contributed by atoms with Crippen molar-refractivity contribution in [2.45, 2.75) is 32.4 Å². The number of amides is 1. The molecule has 1 atom stereocenters. The van der Waals surface area contributed by atoms with Crippen LogP contribution in [0.2, 0.25) is 0 Å². The number of hydrogen-bond acceptors (Lipinski definition) is 4. The normalized spacial score (nSPS) is 17.0. The zero-order valence-electron chi connectivity index (χ0n) is 12.5. The van der Waals surface area contributed by atoms with Crippen LogP contribution in [-0.2, 0) is 11.3 Å². The second-order valence-corrected chi connectivity index (χ2v) is 4.78. The predicted molar refractivity (Wildman–Crippen MR) is 84.3 cm³/mol. The Hall–Kier alpha value is -1.46. The molecule has 0 saturated carbocycles. The highest BCUT2D eigenvalue weighted by Crippen LogP contribution is 2.27. The third-order valence-electron chi connectivity index (χ3n) is 3.37. The molecule has 0 aromatic heterocycles. The van der Waals surface area contributed by atoms with E-state index in [0.717, 1.165) is 30.7 Å². The zero-order chi connectivity index (χ0) is 14.4. The quantitative estimate of drug-likeness (QED) is 0.842. The van der Waals surface area contributed by atoms with Crippen LogP contribution in [0.5, 0.6) is 11.5 Å². The second kappa shape index (κ2) is 8.74. The minimum atomic E-state index is -0.0420. The number of benzene rings is 1. The van der Waals surface area contributed by atoms with Crippen molar-refractivity contribution in [2.24, 2.45) is 0 Å². The van der Waals surface area contributed by atoms with Crippen LogP contribution in [0.4, 0.5) is 0 Å². The first-order valence-electron chi connectivity index (χ1n) is 7.05. The summed E-state index contributed by atoms with van der Waals surface area (Å²) in [4.78, 5) is 11.9. The fourth-order valence-electron chi connectivity index (χ4n) is 2.32. The Morgan fingerprint density at radius 2 is 2.24 bits per heavy atom. The standard InChI is InChI=1S/C15H22N2O3.ClH/c1-3-20-13-7-6-11(9-14(13)19-2)10-17-15(18)12-5-4-8-16-12;/h6-7,9,12,16H,3-5,8,10H2,1-2H3,(H,17,18);1H. The fraction of sp³-hybridized carbons (Fsp3) is 0.533. The minimum Gasteiger partial charge on any atom is -0.493 e. The first-order valence-corrected chi connectivity index (χ1v) is 7.05. The van der Waals surface area contributed by atoms with Gasteiger partial charge in [0.25, 0.3) is 0 Å². The first-order chi connectivity index (χ1) is 9.74. The number of nitrogens with one attached hydrogen (secondary N) is 2. The van der Waals surface area contributed by atoms with Gasteiger partial charge in [0.15, 0.2) is 11.5 Å². The molecule has 21 heavy (non-hydrogen) atoms. The molecule has 0 spiro atoms. The predicted octanol–water partition coefficient (Wildman–Crippen LogP) is 1.88. The van der Waals surface area contributed by atoms with Gasteiger partial charge in [0.05, 0.1) is 19.8 Å². The molecule has 0 radical (unpaired) electrons. The molecule has 6 heteroatoms. The summed E-state index contributed by atoms with van der Waals surface area (Å²) in [6.45, 7) is 3.96. The lowest BCUT2D eigenvalue weighted by molar-refractivity contribution is -0.122. The Bertz CT molecular complexity index is 462. The molecule has 2 rings (SSSR count). The molecule has 1 amide bonds. The zero-order valence-corrected chi connectivity index (χ0v) is 13.3. The molecule has 1 unspecified atom stereocenters. The molecule has 1 aromatic carbocycles. The van der Waals surface area contributed by atoms with E-state index in [0.29, 0.717) is 18.9 Å². The SMILES string of the molecule is CCOc1ccc(CNC(=O)C2CCCN2)cc1OC.Cl. The number of ether oxygens (including phenoxy) is 2. The molecule has 1 aliphatic heterocycles. The Kier molecular flexibility index (Phi) is 7.32. The number of carbonyl (C=O) groups is 1. The highest BCUT2D eigenvalue weighted by atomic mass is 35.5. The van der Waals surface area contributed by atoms with Gasteiger partial charge < -0.3 is 20.1 Å². The summed E-state index contributed by atoms with van der Waals surface area (Å²) >= 11 is 0. The van der Waals surface area contributed by atoms with Gasteiger partial charge in [-0.2, -0.15) is 0 Å². The summed E-state index contributed by atoms with van der Waals surface area (Å²) in [6.07, 6.45) is 1.98. The van der Waals surface area contributed by atoms with Crippen molar-refractivity contribution >= 4 is 18.3 Å². The summed E-state index contributed by atoms with van der Waals surface area (Å²) in [5, 5.41) is 6.13. The molecule has 1 aromatic rings. The van der Waals surface area contributed by atoms with Gasteiger partial charge in [-0.3, -0.25) is 4.79 Å². The van der Waals surface area contributed by atoms with Crippen LogP contribution in [0.15, 0.2) is 18.2 Å². The molecular weight excluding hydrogens is 292 g/mol. The van der Waals surface area contributed by atoms with Crippen molar-refractivity contribution in [3.8, 4) is 11.5 Å². The van der Waals surface area contributed by atoms with Gasteiger partial charge in [-0.1, -0.05) is 6.07 Å². The van der Waals surface area contributed by atoms with E-state index >= 15 is 0 Å². The van der Waals surface area contributed by atoms with Crippen LogP contribution < -0.4 is 20.1 Å². The molecule has 0 bridgehead atoms. The van der Waals surface area contributed by atoms with Crippen molar-refractivity contribution in [2.75, 3.05) is 20.3 Å². The van der Waals surface area contributed by atoms with Crippen molar-refractivity contribution in [1.29, 1.82) is 0 Å². The van der Waals surface area contributed by atoms with E-state index in [9.17, 15) is 4.79 Å². The second-order valence-electron chi connectivity index (χ2n) is 4.78. The van der Waals surface area contributed by atoms with Crippen LogP contribution in [-0.4, -0.2) is 32.2 Å². The molecular formula is C15H23ClN2O3. The highest BCUT2D eigenvalue weighted by molar-refractivity contribution is 5.85. The van der Waals surface area contributed by atoms with E-state index in [1.165, 1.54) is 0 Å². The molecule has 2 N–H and O–H groups in total. The van der Waals surface area contributed by atoms with Crippen LogP contribution in [0, 0.1) is 0 Å². The van der Waals surface area contributed by atoms with Crippen LogP contribution >= 0.6 is 12.4 Å². The van der Waals surface area contributed by atoms with Gasteiger partial charge in [0.1, 0.15) is 0 Å². The maximum atomic E-state index is 11.9. The Labute approximate surface area is 131 Å². The van der Waals surface area contributed by atoms with Gasteiger partial charge >= 0.3 is 0 Å². The summed E-state index contributed by atoms with van der Waals surface area (Å²) in [6, 6.07) is 5.67. The van der Waals surface area contributed by atoms with Gasteiger partial charge in [-0.25, -0.2) is 0 Å². The third kappa shape index (κ3) is 4.79. The van der Waals surface area contributed by atoms with Gasteiger partial charge in [0.2, 0.25) is 5.91 Å². The van der Waals surface area contributed by atoms with E-state index in [4.69, 9.17) is 9.47 Å². The van der Waals surface area contributed by atoms with Gasteiger partial charge in [-0.05, 0) is 44.0 Å². The number of methoxy groups -OCH3 is 1. The summed E-state index contributed by atoms with van der Waals surface area (Å²) in [5.41, 5.74) is 0.997. The average molecular weight is 315 g/mol. The van der Waals surface area contributed by atoms with Gasteiger partial charge in [0, 0.05) is 6.54 Å². The van der Waals surface area contributed by atoms with E-state index in [1.54, 1.807) is 7.11 Å². The fourth-order valence-corrected chi connectivity index (χ4v) is 2.32. The Balaban J connectivity index is 0.00000220. The van der Waals surface area contributed by atoms with Crippen molar-refractivity contribution in [3.63, 3.8) is 0 Å². The highest BCUT2D eigenvalue weighted by Gasteiger charge is 2.21. The van der Waals surface area contributed by atoms with Gasteiger partial charge in [-0.15, -0.1) is 12.4 Å². The Morgan fingerprint density at radius 1 is 1.43 bits per heavy atom. The molecule has 1 aliphatic rings. The average Bonchev–Trinajstić information content (AvgIpc) is 3.00. The minimum absolute atomic E-state index is 0. The van der Waals surface area contributed by atoms with Crippen LogP contribution in [0.25, 0.3) is 0 Å². The van der Waals surface area contributed by atoms with Crippen molar-refractivity contribution < 1.29 is 14.3 Å². The molecule has 0 aliphatic carbocycles. The lowest BCUT2D eigenvalue weighted by Gasteiger charge is -2.13. The van der Waals surface area contributed by atoms with Crippen LogP contribution in [0.1, 0.15) is 25.3 Å². The maximum absolute atomic E-state index is 11.9. The molecule has 1 fully saturated rings. The van der Waals surface area contributed by atoms with E-state index in [-0.39, 0.29) is 24.4 Å². The number of hydrogen-bond donors (Lipinski definition) is 2. The molecule has 1 heterocycles. The van der Waals surface area contributed by atoms with Crippen molar-refractivity contribution in [1.82, 2.24) is 10.6 Å². The third-order valence-corrected chi connectivity index (χ3v) is 3.37. The van der Waals surface area contributed by atoms with E-state index in [2.05, 4.69) is 10.6 Å². The first kappa shape index (κ1) is 17.6. The Morgan fingerprint density at radius 3 is 2.86 bits per heavy atom. The topological polar surface area (TPSA) is 59.6 Å². The summed E-state index contributed by atoms with van der Waals surface area (Å²) < 4.78 is 10.8. The number of carbonyl (C=O) groups excluding carboxylic acids is 1. The number of halogens is 1. The maximum Gasteiger partial charge on any atom is 0.237 e. The summed E-state index contributed by atoms with van der Waals surface area (Å²) in [5.74, 6) is 1.48. The molecule has 5 nitrogen and oxygen atoms in total. The smallest absolute Gasteiger partial charge is 0.237 e. The van der Waals surface area contributed by atoms with E-state index in [1.807, 2.05) is 25.1 Å². The summed E-state index contributed by atoms with van der Waals surface area (Å²) in [7, 11) is 1.61. The molecule has 1 saturated heterocycles. The largest absolute Gasteiger partial charge is 0.493 e. The number of rotatable bonds is 6. The van der Waals surface area contributed by atoms with Crippen molar-refractivity contribution in [3.05, 3.63) is 23.8 Å². The lowest BCUT2D eigenvalue weighted by atomic mass is 10.1. The van der Waals surface area contributed by atoms with E-state index < -0.39 is 0 Å².